The van der Waals surface area contributed by atoms with Gasteiger partial charge in [-0.05, 0) is 25.8 Å². The minimum absolute atomic E-state index is 0.0300. The topological polar surface area (TPSA) is 94.2 Å². The Morgan fingerprint density at radius 1 is 1.38 bits per heavy atom. The van der Waals surface area contributed by atoms with E-state index in [-0.39, 0.29) is 17.6 Å². The van der Waals surface area contributed by atoms with Crippen molar-refractivity contribution in [3.63, 3.8) is 0 Å². The summed E-state index contributed by atoms with van der Waals surface area (Å²) in [6, 6.07) is 0. The summed E-state index contributed by atoms with van der Waals surface area (Å²) in [6.45, 7) is 6.93. The van der Waals surface area contributed by atoms with E-state index in [2.05, 4.69) is 15.6 Å². The first kappa shape index (κ1) is 15.7. The van der Waals surface area contributed by atoms with E-state index in [9.17, 15) is 14.7 Å². The first-order chi connectivity index (χ1) is 9.95. The lowest BCUT2D eigenvalue weighted by Crippen LogP contribution is -2.34. The number of carbonyl (C=O) groups excluding carboxylic acids is 2. The second kappa shape index (κ2) is 6.41. The quantitative estimate of drug-likeness (QED) is 0.591. The van der Waals surface area contributed by atoms with E-state index in [1.807, 2.05) is 6.92 Å². The number of β-amino-alcohol motifs (C(OH)–C–C–N with tert-alkyl or cyclic N) is 1. The molecule has 1 aliphatic rings. The molecule has 0 radical (unpaired) electrons. The number of H-pyrrole nitrogens is 1. The third-order valence-corrected chi connectivity index (χ3v) is 4.05. The van der Waals surface area contributed by atoms with Gasteiger partial charge in [-0.1, -0.05) is 6.92 Å². The van der Waals surface area contributed by atoms with Gasteiger partial charge in [0.25, 0.3) is 5.91 Å². The number of aliphatic hydroxyl groups is 1. The van der Waals surface area contributed by atoms with Gasteiger partial charge in [-0.25, -0.2) is 0 Å². The lowest BCUT2D eigenvalue weighted by Gasteiger charge is -2.14. The molecule has 0 bridgehead atoms. The molecule has 0 saturated carbocycles. The molecular weight excluding hydrogens is 270 g/mol. The molecule has 116 valence electrons. The van der Waals surface area contributed by atoms with Gasteiger partial charge in [0.15, 0.2) is 5.78 Å². The van der Waals surface area contributed by atoms with Crippen molar-refractivity contribution in [3.8, 4) is 0 Å². The molecule has 1 aromatic heterocycles. The van der Waals surface area contributed by atoms with E-state index >= 15 is 0 Å². The van der Waals surface area contributed by atoms with Crippen LogP contribution in [0.25, 0.3) is 0 Å². The first-order valence-electron chi connectivity index (χ1n) is 7.35. The third-order valence-electron chi connectivity index (χ3n) is 4.05. The predicted molar refractivity (Wildman–Crippen MR) is 79.6 cm³/mol. The molecule has 1 aromatic rings. The van der Waals surface area contributed by atoms with Gasteiger partial charge < -0.3 is 20.7 Å². The van der Waals surface area contributed by atoms with Gasteiger partial charge in [-0.3, -0.25) is 9.59 Å². The number of Topliss-reactive ketones (excluding diaryl/α,β-unsaturated/α-hetero) is 1. The summed E-state index contributed by atoms with van der Waals surface area (Å²) in [7, 11) is 0. The van der Waals surface area contributed by atoms with Crippen LogP contribution in [0.15, 0.2) is 0 Å². The van der Waals surface area contributed by atoms with Crippen LogP contribution >= 0.6 is 0 Å². The maximum Gasteiger partial charge on any atom is 0.268 e. The van der Waals surface area contributed by atoms with Crippen molar-refractivity contribution in [2.45, 2.75) is 33.3 Å². The zero-order valence-corrected chi connectivity index (χ0v) is 12.7. The minimum atomic E-state index is -0.422. The number of amides is 1. The first-order valence-corrected chi connectivity index (χ1v) is 7.35. The average molecular weight is 293 g/mol. The highest BCUT2D eigenvalue weighted by Gasteiger charge is 2.26. The van der Waals surface area contributed by atoms with Crippen molar-refractivity contribution in [2.24, 2.45) is 5.92 Å². The van der Waals surface area contributed by atoms with Crippen LogP contribution in [0.2, 0.25) is 0 Å². The molecule has 2 heterocycles. The second-order valence-electron chi connectivity index (χ2n) is 5.58. The Kier molecular flexibility index (Phi) is 4.80. The highest BCUT2D eigenvalue weighted by atomic mass is 16.3. The van der Waals surface area contributed by atoms with Crippen molar-refractivity contribution in [2.75, 3.05) is 19.6 Å². The Morgan fingerprint density at radius 2 is 2.10 bits per heavy atom. The largest absolute Gasteiger partial charge is 0.391 e. The fourth-order valence-electron chi connectivity index (χ4n) is 2.94. The number of aromatic amines is 1. The van der Waals surface area contributed by atoms with Gasteiger partial charge in [0.05, 0.1) is 6.10 Å². The number of hydrogen-bond donors (Lipinski definition) is 4. The Morgan fingerprint density at radius 3 is 2.62 bits per heavy atom. The average Bonchev–Trinajstić information content (AvgIpc) is 2.99. The standard InChI is InChI=1S/C15H23N3O3/c1-4-11-13(9(3)19)8(2)18-14(11)15(21)17-6-10-5-16-7-12(10)20/h10,12,16,18,20H,4-7H2,1-3H3,(H,17,21). The molecule has 1 aliphatic heterocycles. The van der Waals surface area contributed by atoms with Crippen molar-refractivity contribution in [3.05, 3.63) is 22.5 Å². The predicted octanol–water partition coefficient (Wildman–Crippen LogP) is 0.398. The summed E-state index contributed by atoms with van der Waals surface area (Å²) in [4.78, 5) is 27.0. The zero-order valence-electron chi connectivity index (χ0n) is 12.7. The van der Waals surface area contributed by atoms with Crippen LogP contribution in [0.1, 0.15) is 46.0 Å². The normalized spacial score (nSPS) is 21.5. The van der Waals surface area contributed by atoms with E-state index in [0.29, 0.717) is 37.3 Å². The summed E-state index contributed by atoms with van der Waals surface area (Å²) in [5.41, 5.74) is 2.57. The number of hydrogen-bond acceptors (Lipinski definition) is 4. The fourth-order valence-corrected chi connectivity index (χ4v) is 2.94. The zero-order chi connectivity index (χ0) is 15.6. The van der Waals surface area contributed by atoms with Gasteiger partial charge in [-0.15, -0.1) is 0 Å². The van der Waals surface area contributed by atoms with Gasteiger partial charge in [0.2, 0.25) is 0 Å². The summed E-state index contributed by atoms with van der Waals surface area (Å²) >= 11 is 0. The van der Waals surface area contributed by atoms with Crippen LogP contribution in [0.5, 0.6) is 0 Å². The molecule has 0 aromatic carbocycles. The monoisotopic (exact) mass is 293 g/mol. The van der Waals surface area contributed by atoms with Crippen molar-refractivity contribution in [1.29, 1.82) is 0 Å². The van der Waals surface area contributed by atoms with E-state index in [0.717, 1.165) is 11.3 Å². The van der Waals surface area contributed by atoms with Gasteiger partial charge in [0, 0.05) is 36.8 Å². The summed E-state index contributed by atoms with van der Waals surface area (Å²) in [5, 5.41) is 15.7. The highest BCUT2D eigenvalue weighted by molar-refractivity contribution is 6.02. The smallest absolute Gasteiger partial charge is 0.268 e. The van der Waals surface area contributed by atoms with Crippen LogP contribution < -0.4 is 10.6 Å². The Bertz CT molecular complexity index is 551. The molecule has 4 N–H and O–H groups in total. The van der Waals surface area contributed by atoms with Crippen molar-refractivity contribution in [1.82, 2.24) is 15.6 Å². The molecule has 2 rings (SSSR count). The number of nitrogens with one attached hydrogen (secondary N) is 3. The fraction of sp³-hybridized carbons (Fsp3) is 0.600. The maximum atomic E-state index is 12.3. The highest BCUT2D eigenvalue weighted by Crippen LogP contribution is 2.20. The lowest BCUT2D eigenvalue weighted by molar-refractivity contribution is 0.0921. The van der Waals surface area contributed by atoms with Crippen molar-refractivity contribution < 1.29 is 14.7 Å². The van der Waals surface area contributed by atoms with Crippen LogP contribution in [0.3, 0.4) is 0 Å². The van der Waals surface area contributed by atoms with Crippen LogP contribution in [-0.2, 0) is 6.42 Å². The summed E-state index contributed by atoms with van der Waals surface area (Å²) in [6.07, 6.45) is 0.199. The van der Waals surface area contributed by atoms with Crippen LogP contribution in [0.4, 0.5) is 0 Å². The maximum absolute atomic E-state index is 12.3. The number of rotatable bonds is 5. The van der Waals surface area contributed by atoms with E-state index < -0.39 is 6.10 Å². The van der Waals surface area contributed by atoms with Gasteiger partial charge >= 0.3 is 0 Å². The minimum Gasteiger partial charge on any atom is -0.391 e. The molecule has 2 unspecified atom stereocenters. The van der Waals surface area contributed by atoms with E-state index in [1.54, 1.807) is 6.92 Å². The Labute approximate surface area is 124 Å². The molecule has 2 atom stereocenters. The van der Waals surface area contributed by atoms with Crippen LogP contribution in [-0.4, -0.2) is 47.5 Å². The van der Waals surface area contributed by atoms with Crippen LogP contribution in [0, 0.1) is 12.8 Å². The van der Waals surface area contributed by atoms with E-state index in [1.165, 1.54) is 6.92 Å². The molecule has 21 heavy (non-hydrogen) atoms. The molecule has 6 nitrogen and oxygen atoms in total. The lowest BCUT2D eigenvalue weighted by atomic mass is 10.0. The summed E-state index contributed by atoms with van der Waals surface area (Å²) in [5.74, 6) is -0.223. The third kappa shape index (κ3) is 3.16. The number of ketones is 1. The van der Waals surface area contributed by atoms with Gasteiger partial charge in [0.1, 0.15) is 5.69 Å². The molecule has 1 saturated heterocycles. The Hall–Kier alpha value is -1.66. The van der Waals surface area contributed by atoms with Crippen molar-refractivity contribution >= 4 is 11.7 Å². The van der Waals surface area contributed by atoms with Gasteiger partial charge in [-0.2, -0.15) is 0 Å². The Balaban J connectivity index is 2.12. The molecule has 1 amide bonds. The van der Waals surface area contributed by atoms with E-state index in [4.69, 9.17) is 0 Å². The number of aryl methyl sites for hydroxylation is 1. The molecule has 6 heteroatoms. The summed E-state index contributed by atoms with van der Waals surface area (Å²) < 4.78 is 0. The number of aromatic nitrogens is 1. The SMILES string of the molecule is CCc1c(C(=O)NCC2CNCC2O)[nH]c(C)c1C(C)=O. The number of carbonyl (C=O) groups is 2. The molecular formula is C15H23N3O3. The second-order valence-corrected chi connectivity index (χ2v) is 5.58. The molecule has 1 fully saturated rings. The molecule has 0 aliphatic carbocycles. The number of aliphatic hydroxyl groups excluding tert-OH is 1. The molecule has 0 spiro atoms.